The summed E-state index contributed by atoms with van der Waals surface area (Å²) < 4.78 is 4.69. The van der Waals surface area contributed by atoms with E-state index in [1.807, 2.05) is 0 Å². The van der Waals surface area contributed by atoms with Gasteiger partial charge >= 0.3 is 5.97 Å². The highest BCUT2D eigenvalue weighted by atomic mass is 16.5. The molecule has 2 unspecified atom stereocenters. The van der Waals surface area contributed by atoms with Crippen molar-refractivity contribution >= 4 is 23.6 Å². The van der Waals surface area contributed by atoms with Crippen LogP contribution in [0.5, 0.6) is 0 Å². The molecule has 2 rings (SSSR count). The molecule has 1 heterocycles. The van der Waals surface area contributed by atoms with Crippen LogP contribution in [0.4, 0.5) is 0 Å². The lowest BCUT2D eigenvalue weighted by atomic mass is 10.2. The molecule has 0 aromatic rings. The van der Waals surface area contributed by atoms with E-state index in [0.717, 1.165) is 4.90 Å². The van der Waals surface area contributed by atoms with Crippen molar-refractivity contribution in [2.75, 3.05) is 13.2 Å². The number of Topliss-reactive ketones (excluding diaryl/α,β-unsaturated/α-hetero) is 1. The largest absolute Gasteiger partial charge is 0.466 e. The fourth-order valence-corrected chi connectivity index (χ4v) is 2.14. The second kappa shape index (κ2) is 4.88. The molecule has 6 heteroatoms. The number of piperidine rings is 1. The van der Waals surface area contributed by atoms with Crippen LogP contribution in [0.2, 0.25) is 0 Å². The third-order valence-corrected chi connectivity index (χ3v) is 3.20. The van der Waals surface area contributed by atoms with Gasteiger partial charge < -0.3 is 4.74 Å². The summed E-state index contributed by atoms with van der Waals surface area (Å²) in [7, 11) is 0. The van der Waals surface area contributed by atoms with Gasteiger partial charge in [0, 0.05) is 6.42 Å². The molecule has 18 heavy (non-hydrogen) atoms. The number of ketones is 1. The third kappa shape index (κ3) is 2.42. The van der Waals surface area contributed by atoms with Crippen LogP contribution in [0.15, 0.2) is 0 Å². The van der Waals surface area contributed by atoms with Gasteiger partial charge in [-0.3, -0.25) is 24.1 Å². The van der Waals surface area contributed by atoms with E-state index in [9.17, 15) is 19.2 Å². The molecule has 0 aromatic heterocycles. The van der Waals surface area contributed by atoms with Crippen LogP contribution >= 0.6 is 0 Å². The average molecular weight is 253 g/mol. The third-order valence-electron chi connectivity index (χ3n) is 3.20. The van der Waals surface area contributed by atoms with Gasteiger partial charge in [-0.05, 0) is 13.3 Å². The van der Waals surface area contributed by atoms with Gasteiger partial charge in [0.05, 0.1) is 31.4 Å². The van der Waals surface area contributed by atoms with Crippen molar-refractivity contribution < 1.29 is 23.9 Å². The molecule has 98 valence electrons. The fourth-order valence-electron chi connectivity index (χ4n) is 2.14. The molecule has 0 N–H and O–H groups in total. The second-order valence-electron chi connectivity index (χ2n) is 4.56. The lowest BCUT2D eigenvalue weighted by Crippen LogP contribution is -2.37. The zero-order chi connectivity index (χ0) is 13.3. The number of carbonyl (C=O) groups is 4. The number of carbonyl (C=O) groups excluding carboxylic acids is 4. The van der Waals surface area contributed by atoms with E-state index < -0.39 is 5.97 Å². The highest BCUT2D eigenvalue weighted by Crippen LogP contribution is 2.46. The number of esters is 1. The number of hydrogen-bond acceptors (Lipinski definition) is 5. The summed E-state index contributed by atoms with van der Waals surface area (Å²) in [4.78, 5) is 46.8. The Hall–Kier alpha value is -1.72. The van der Waals surface area contributed by atoms with Crippen LogP contribution < -0.4 is 0 Å². The number of imide groups is 1. The predicted molar refractivity (Wildman–Crippen MR) is 59.2 cm³/mol. The molecular formula is C12H15NO5. The first kappa shape index (κ1) is 12.7. The van der Waals surface area contributed by atoms with E-state index in [2.05, 4.69) is 4.74 Å². The molecule has 0 radical (unpaired) electrons. The normalized spacial score (nSPS) is 25.1. The Morgan fingerprint density at radius 3 is 2.39 bits per heavy atom. The van der Waals surface area contributed by atoms with E-state index in [-0.39, 0.29) is 55.4 Å². The van der Waals surface area contributed by atoms with Crippen LogP contribution in [0.25, 0.3) is 0 Å². The fraction of sp³-hybridized carbons (Fsp3) is 0.667. The monoisotopic (exact) mass is 253 g/mol. The predicted octanol–water partition coefficient (Wildman–Crippen LogP) is -0.0963. The average Bonchev–Trinajstić information content (AvgIpc) is 3.08. The van der Waals surface area contributed by atoms with Gasteiger partial charge in [-0.1, -0.05) is 0 Å². The van der Waals surface area contributed by atoms with Crippen molar-refractivity contribution in [2.45, 2.75) is 26.2 Å². The van der Waals surface area contributed by atoms with Gasteiger partial charge in [0.25, 0.3) is 0 Å². The number of amides is 2. The van der Waals surface area contributed by atoms with Crippen LogP contribution in [-0.4, -0.2) is 41.6 Å². The van der Waals surface area contributed by atoms with Crippen LogP contribution in [-0.2, 0) is 23.9 Å². The Bertz CT molecular complexity index is 397. The maximum atomic E-state index is 11.6. The van der Waals surface area contributed by atoms with E-state index in [1.54, 1.807) is 6.92 Å². The van der Waals surface area contributed by atoms with Crippen molar-refractivity contribution in [3.63, 3.8) is 0 Å². The quantitative estimate of drug-likeness (QED) is 0.488. The summed E-state index contributed by atoms with van der Waals surface area (Å²) in [5, 5.41) is 0. The molecule has 1 aliphatic heterocycles. The summed E-state index contributed by atoms with van der Waals surface area (Å²) >= 11 is 0. The number of likely N-dealkylation sites (tertiary alicyclic amines) is 1. The van der Waals surface area contributed by atoms with E-state index >= 15 is 0 Å². The highest BCUT2D eigenvalue weighted by Gasteiger charge is 2.58. The van der Waals surface area contributed by atoms with Crippen LogP contribution in [0, 0.1) is 11.8 Å². The van der Waals surface area contributed by atoms with Gasteiger partial charge in [0.1, 0.15) is 0 Å². The van der Waals surface area contributed by atoms with Crippen molar-refractivity contribution in [2.24, 2.45) is 11.8 Å². The van der Waals surface area contributed by atoms with Gasteiger partial charge in [-0.25, -0.2) is 0 Å². The molecule has 2 aliphatic rings. The van der Waals surface area contributed by atoms with Gasteiger partial charge in [0.15, 0.2) is 5.78 Å². The minimum Gasteiger partial charge on any atom is -0.466 e. The highest BCUT2D eigenvalue weighted by molar-refractivity contribution is 6.10. The zero-order valence-corrected chi connectivity index (χ0v) is 10.2. The first-order valence-corrected chi connectivity index (χ1v) is 6.07. The lowest BCUT2D eigenvalue weighted by Gasteiger charge is -2.14. The second-order valence-corrected chi connectivity index (χ2v) is 4.56. The molecule has 1 saturated heterocycles. The lowest BCUT2D eigenvalue weighted by molar-refractivity contribution is -0.145. The van der Waals surface area contributed by atoms with Gasteiger partial charge in [-0.2, -0.15) is 0 Å². The van der Waals surface area contributed by atoms with Crippen LogP contribution in [0.3, 0.4) is 0 Å². The van der Waals surface area contributed by atoms with Crippen molar-refractivity contribution in [3.05, 3.63) is 0 Å². The Labute approximate surface area is 104 Å². The Kier molecular flexibility index (Phi) is 3.45. The Morgan fingerprint density at radius 1 is 1.22 bits per heavy atom. The summed E-state index contributed by atoms with van der Waals surface area (Å²) in [6.07, 6.45) is 0.631. The molecule has 2 atom stereocenters. The van der Waals surface area contributed by atoms with Crippen molar-refractivity contribution in [3.8, 4) is 0 Å². The van der Waals surface area contributed by atoms with Gasteiger partial charge in [-0.15, -0.1) is 0 Å². The number of fused-ring (bicyclic) bond motifs is 1. The van der Waals surface area contributed by atoms with Crippen LogP contribution in [0.1, 0.15) is 26.2 Å². The topological polar surface area (TPSA) is 80.8 Å². The van der Waals surface area contributed by atoms with E-state index in [1.165, 1.54) is 0 Å². The molecule has 0 spiro atoms. The van der Waals surface area contributed by atoms with Crippen molar-refractivity contribution in [1.82, 2.24) is 4.90 Å². The summed E-state index contributed by atoms with van der Waals surface area (Å²) in [5.74, 6) is -1.58. The van der Waals surface area contributed by atoms with E-state index in [4.69, 9.17) is 0 Å². The minimum atomic E-state index is -0.437. The standard InChI is InChI=1S/C12H15NO5/c1-2-18-10(15)4-3-7(14)6-13-11(16)8-5-9(8)12(13)17/h8-9H,2-6H2,1H3. The van der Waals surface area contributed by atoms with E-state index in [0.29, 0.717) is 6.42 Å². The molecular weight excluding hydrogens is 238 g/mol. The number of hydrogen-bond donors (Lipinski definition) is 0. The van der Waals surface area contributed by atoms with Gasteiger partial charge in [0.2, 0.25) is 11.8 Å². The van der Waals surface area contributed by atoms with Crippen molar-refractivity contribution in [1.29, 1.82) is 0 Å². The molecule has 1 saturated carbocycles. The molecule has 6 nitrogen and oxygen atoms in total. The molecule has 0 bridgehead atoms. The Morgan fingerprint density at radius 2 is 1.83 bits per heavy atom. The number of ether oxygens (including phenoxy) is 1. The minimum absolute atomic E-state index is 0.00421. The summed E-state index contributed by atoms with van der Waals surface area (Å²) in [6, 6.07) is 0. The molecule has 2 fully saturated rings. The smallest absolute Gasteiger partial charge is 0.306 e. The maximum absolute atomic E-state index is 11.6. The molecule has 2 amide bonds. The first-order chi connectivity index (χ1) is 8.54. The Balaban J connectivity index is 1.76. The zero-order valence-electron chi connectivity index (χ0n) is 10.2. The summed E-state index contributed by atoms with van der Waals surface area (Å²) in [5.41, 5.74) is 0. The molecule has 0 aromatic carbocycles. The number of nitrogens with zero attached hydrogens (tertiary/aromatic N) is 1. The SMILES string of the molecule is CCOC(=O)CCC(=O)CN1C(=O)C2CC2C1=O. The maximum Gasteiger partial charge on any atom is 0.306 e. The first-order valence-electron chi connectivity index (χ1n) is 6.07. The molecule has 1 aliphatic carbocycles. The summed E-state index contributed by atoms with van der Waals surface area (Å²) in [6.45, 7) is 1.76. The number of rotatable bonds is 6.